The third-order valence-corrected chi connectivity index (χ3v) is 5.29. The van der Waals surface area contributed by atoms with E-state index in [4.69, 9.17) is 28.9 Å². The van der Waals surface area contributed by atoms with Crippen LogP contribution in [0.15, 0.2) is 23.1 Å². The van der Waals surface area contributed by atoms with Crippen molar-refractivity contribution >= 4 is 46.7 Å². The van der Waals surface area contributed by atoms with E-state index < -0.39 is 0 Å². The van der Waals surface area contributed by atoms with Crippen LogP contribution in [0.2, 0.25) is 10.0 Å². The summed E-state index contributed by atoms with van der Waals surface area (Å²) in [7, 11) is 0. The third kappa shape index (κ3) is 6.82. The van der Waals surface area contributed by atoms with Crippen LogP contribution in [0.3, 0.4) is 0 Å². The molecule has 0 amide bonds. The zero-order valence-corrected chi connectivity index (χ0v) is 13.1. The largest absolute Gasteiger partial charge is 0.325 e. The SMILES string of the molecule is CC(C)(N)CSCCSc1cc(Cl)ccc1Cl. The van der Waals surface area contributed by atoms with Crippen LogP contribution in [0, 0.1) is 0 Å². The summed E-state index contributed by atoms with van der Waals surface area (Å²) in [6.07, 6.45) is 0. The standard InChI is InChI=1S/C12H17Cl2NS2/c1-12(2,15)8-16-5-6-17-11-7-9(13)3-4-10(11)14/h3-4,7H,5-6,8,15H2,1-2H3. The Labute approximate surface area is 122 Å². The fraction of sp³-hybridized carbons (Fsp3) is 0.500. The van der Waals surface area contributed by atoms with Gasteiger partial charge in [0.1, 0.15) is 0 Å². The van der Waals surface area contributed by atoms with E-state index in [9.17, 15) is 0 Å². The van der Waals surface area contributed by atoms with Crippen LogP contribution in [0.5, 0.6) is 0 Å². The molecular formula is C12H17Cl2NS2. The van der Waals surface area contributed by atoms with Crippen molar-refractivity contribution in [1.29, 1.82) is 0 Å². The summed E-state index contributed by atoms with van der Waals surface area (Å²) >= 11 is 15.6. The highest BCUT2D eigenvalue weighted by atomic mass is 35.5. The minimum absolute atomic E-state index is 0.0942. The Hall–Kier alpha value is 0.460. The first-order valence-corrected chi connectivity index (χ1v) is 8.22. The van der Waals surface area contributed by atoms with Gasteiger partial charge in [0.25, 0.3) is 0 Å². The van der Waals surface area contributed by atoms with Crippen LogP contribution >= 0.6 is 46.7 Å². The molecule has 1 aromatic carbocycles. The lowest BCUT2D eigenvalue weighted by molar-refractivity contribution is 0.591. The van der Waals surface area contributed by atoms with E-state index in [0.29, 0.717) is 0 Å². The average Bonchev–Trinajstić information content (AvgIpc) is 2.21. The molecule has 0 fully saturated rings. The van der Waals surface area contributed by atoms with Gasteiger partial charge in [-0.05, 0) is 32.0 Å². The molecular weight excluding hydrogens is 293 g/mol. The van der Waals surface area contributed by atoms with E-state index in [0.717, 1.165) is 32.2 Å². The molecule has 0 saturated heterocycles. The summed E-state index contributed by atoms with van der Waals surface area (Å²) in [5, 5.41) is 1.50. The molecule has 0 spiro atoms. The number of rotatable bonds is 6. The molecule has 0 radical (unpaired) electrons. The quantitative estimate of drug-likeness (QED) is 0.616. The van der Waals surface area contributed by atoms with Crippen molar-refractivity contribution in [3.05, 3.63) is 28.2 Å². The fourth-order valence-electron chi connectivity index (χ4n) is 1.13. The molecule has 1 rings (SSSR count). The summed E-state index contributed by atoms with van der Waals surface area (Å²) in [5.41, 5.74) is 5.81. The number of nitrogens with two attached hydrogens (primary N) is 1. The molecule has 0 heterocycles. The van der Waals surface area contributed by atoms with Crippen LogP contribution in [0.4, 0.5) is 0 Å². The lowest BCUT2D eigenvalue weighted by atomic mass is 10.1. The lowest BCUT2D eigenvalue weighted by Gasteiger charge is -2.17. The number of hydrogen-bond acceptors (Lipinski definition) is 3. The maximum absolute atomic E-state index is 6.08. The summed E-state index contributed by atoms with van der Waals surface area (Å²) in [5.74, 6) is 3.05. The van der Waals surface area contributed by atoms with Crippen LogP contribution in [-0.2, 0) is 0 Å². The lowest BCUT2D eigenvalue weighted by Crippen LogP contribution is -2.34. The fourth-order valence-corrected chi connectivity index (χ4v) is 3.76. The van der Waals surface area contributed by atoms with E-state index in [1.54, 1.807) is 17.8 Å². The molecule has 0 saturated carbocycles. The highest BCUT2D eigenvalue weighted by molar-refractivity contribution is 8.03. The van der Waals surface area contributed by atoms with Crippen molar-refractivity contribution in [2.24, 2.45) is 5.73 Å². The molecule has 0 bridgehead atoms. The highest BCUT2D eigenvalue weighted by Crippen LogP contribution is 2.30. The second-order valence-electron chi connectivity index (χ2n) is 4.46. The maximum atomic E-state index is 6.08. The van der Waals surface area contributed by atoms with E-state index in [1.165, 1.54) is 0 Å². The molecule has 96 valence electrons. The zero-order valence-electron chi connectivity index (χ0n) is 10.0. The summed E-state index contributed by atoms with van der Waals surface area (Å²) in [6, 6.07) is 5.55. The van der Waals surface area contributed by atoms with E-state index in [2.05, 4.69) is 0 Å². The molecule has 0 aliphatic carbocycles. The molecule has 0 aliphatic rings. The topological polar surface area (TPSA) is 26.0 Å². The van der Waals surface area contributed by atoms with Gasteiger partial charge >= 0.3 is 0 Å². The van der Waals surface area contributed by atoms with Crippen LogP contribution in [0.1, 0.15) is 13.8 Å². The van der Waals surface area contributed by atoms with Crippen LogP contribution < -0.4 is 5.73 Å². The second kappa shape index (κ2) is 7.15. The molecule has 5 heteroatoms. The van der Waals surface area contributed by atoms with Crippen molar-refractivity contribution in [2.45, 2.75) is 24.3 Å². The van der Waals surface area contributed by atoms with E-state index in [1.807, 2.05) is 37.7 Å². The van der Waals surface area contributed by atoms with Crippen molar-refractivity contribution in [2.75, 3.05) is 17.3 Å². The molecule has 2 N–H and O–H groups in total. The van der Waals surface area contributed by atoms with Crippen LogP contribution in [0.25, 0.3) is 0 Å². The van der Waals surface area contributed by atoms with Gasteiger partial charge in [-0.3, -0.25) is 0 Å². The van der Waals surface area contributed by atoms with Crippen molar-refractivity contribution < 1.29 is 0 Å². The summed E-state index contributed by atoms with van der Waals surface area (Å²) in [4.78, 5) is 1.05. The Balaban J connectivity index is 2.29. The van der Waals surface area contributed by atoms with Gasteiger partial charge in [-0.15, -0.1) is 11.8 Å². The Morgan fingerprint density at radius 1 is 1.24 bits per heavy atom. The van der Waals surface area contributed by atoms with Gasteiger partial charge in [-0.2, -0.15) is 11.8 Å². The normalized spacial score (nSPS) is 11.8. The Morgan fingerprint density at radius 2 is 1.94 bits per heavy atom. The van der Waals surface area contributed by atoms with Crippen molar-refractivity contribution in [3.63, 3.8) is 0 Å². The smallest absolute Gasteiger partial charge is 0.0542 e. The van der Waals surface area contributed by atoms with Crippen LogP contribution in [-0.4, -0.2) is 22.8 Å². The summed E-state index contributed by atoms with van der Waals surface area (Å²) in [6.45, 7) is 4.09. The number of thioether (sulfide) groups is 2. The van der Waals surface area contributed by atoms with Crippen molar-refractivity contribution in [1.82, 2.24) is 0 Å². The monoisotopic (exact) mass is 309 g/mol. The van der Waals surface area contributed by atoms with Crippen molar-refractivity contribution in [3.8, 4) is 0 Å². The first-order chi connectivity index (χ1) is 7.88. The molecule has 0 unspecified atom stereocenters. The summed E-state index contributed by atoms with van der Waals surface area (Å²) < 4.78 is 0. The van der Waals surface area contributed by atoms with Gasteiger partial charge in [0.15, 0.2) is 0 Å². The van der Waals surface area contributed by atoms with Gasteiger partial charge < -0.3 is 5.73 Å². The molecule has 17 heavy (non-hydrogen) atoms. The predicted molar refractivity (Wildman–Crippen MR) is 82.8 cm³/mol. The second-order valence-corrected chi connectivity index (χ2v) is 7.55. The Kier molecular flexibility index (Phi) is 6.52. The number of halogens is 2. The maximum Gasteiger partial charge on any atom is 0.0542 e. The minimum atomic E-state index is -0.0942. The molecule has 0 aromatic heterocycles. The molecule has 1 aromatic rings. The van der Waals surface area contributed by atoms with E-state index in [-0.39, 0.29) is 5.54 Å². The van der Waals surface area contributed by atoms with Gasteiger partial charge in [-0.25, -0.2) is 0 Å². The van der Waals surface area contributed by atoms with Gasteiger partial charge in [-0.1, -0.05) is 23.2 Å². The predicted octanol–water partition coefficient (Wildman–Crippen LogP) is 4.56. The minimum Gasteiger partial charge on any atom is -0.325 e. The van der Waals surface area contributed by atoms with E-state index >= 15 is 0 Å². The Morgan fingerprint density at radius 3 is 2.59 bits per heavy atom. The average molecular weight is 310 g/mol. The highest BCUT2D eigenvalue weighted by Gasteiger charge is 2.10. The first-order valence-electron chi connectivity index (χ1n) is 5.33. The Bertz CT molecular complexity index is 364. The number of benzene rings is 1. The third-order valence-electron chi connectivity index (χ3n) is 1.85. The number of hydrogen-bond donors (Lipinski definition) is 1. The molecule has 0 aliphatic heterocycles. The van der Waals surface area contributed by atoms with Gasteiger partial charge in [0.2, 0.25) is 0 Å². The molecule has 1 nitrogen and oxygen atoms in total. The zero-order chi connectivity index (χ0) is 12.9. The van der Waals surface area contributed by atoms with Gasteiger partial charge in [0.05, 0.1) is 5.02 Å². The first kappa shape index (κ1) is 15.5. The molecule has 0 atom stereocenters. The van der Waals surface area contributed by atoms with Gasteiger partial charge in [0, 0.05) is 32.7 Å².